The van der Waals surface area contributed by atoms with Crippen LogP contribution in [0.1, 0.15) is 16.7 Å². The molecule has 0 aliphatic rings. The number of imidazole rings is 1. The molecule has 3 rings (SSSR count). The Labute approximate surface area is 126 Å². The predicted octanol–water partition coefficient (Wildman–Crippen LogP) is 4.66. The monoisotopic (exact) mass is 306 g/mol. The van der Waals surface area contributed by atoms with Crippen molar-refractivity contribution >= 4 is 22.6 Å². The van der Waals surface area contributed by atoms with Gasteiger partial charge in [-0.1, -0.05) is 0 Å². The largest absolute Gasteiger partial charge is 0.293 e. The lowest BCUT2D eigenvalue weighted by molar-refractivity contribution is 0.569. The normalized spacial score (nSPS) is 11.3. The second-order valence-corrected chi connectivity index (χ2v) is 5.35. The molecule has 5 heteroatoms. The molecule has 0 radical (unpaired) electrons. The van der Waals surface area contributed by atoms with Crippen molar-refractivity contribution in [2.24, 2.45) is 0 Å². The van der Waals surface area contributed by atoms with Gasteiger partial charge in [-0.25, -0.2) is 13.8 Å². The van der Waals surface area contributed by atoms with Crippen molar-refractivity contribution in [3.05, 3.63) is 58.9 Å². The third kappa shape index (κ3) is 2.29. The molecular formula is C16H13ClF2N2. The Bertz CT molecular complexity index is 817. The van der Waals surface area contributed by atoms with Gasteiger partial charge in [-0.2, -0.15) is 0 Å². The number of alkyl halides is 1. The van der Waals surface area contributed by atoms with Crippen molar-refractivity contribution in [2.45, 2.75) is 19.7 Å². The third-order valence-corrected chi connectivity index (χ3v) is 3.94. The Morgan fingerprint density at radius 3 is 2.29 bits per heavy atom. The van der Waals surface area contributed by atoms with E-state index in [-0.39, 0.29) is 11.6 Å². The Kier molecular flexibility index (Phi) is 3.41. The lowest BCUT2D eigenvalue weighted by Gasteiger charge is -2.10. The van der Waals surface area contributed by atoms with Gasteiger partial charge in [0.15, 0.2) is 11.6 Å². The highest BCUT2D eigenvalue weighted by Crippen LogP contribution is 2.26. The molecule has 3 aromatic rings. The van der Waals surface area contributed by atoms with Gasteiger partial charge in [-0.05, 0) is 54.8 Å². The number of rotatable bonds is 2. The van der Waals surface area contributed by atoms with E-state index in [2.05, 4.69) is 4.98 Å². The van der Waals surface area contributed by atoms with E-state index < -0.39 is 11.6 Å². The van der Waals surface area contributed by atoms with Gasteiger partial charge in [-0.15, -0.1) is 11.6 Å². The van der Waals surface area contributed by atoms with Crippen molar-refractivity contribution in [3.63, 3.8) is 0 Å². The van der Waals surface area contributed by atoms with Crippen molar-refractivity contribution in [1.29, 1.82) is 0 Å². The summed E-state index contributed by atoms with van der Waals surface area (Å²) in [5.41, 5.74) is 3.79. The Balaban J connectivity index is 2.28. The summed E-state index contributed by atoms with van der Waals surface area (Å²) in [5, 5.41) is 0. The standard InChI is InChI=1S/C16H13ClF2N2/c1-9-3-14-15(4-10(9)2)21(8-20-14)16-12(18)5-11(7-17)6-13(16)19/h3-6,8H,7H2,1-2H3. The SMILES string of the molecule is Cc1cc2ncn(-c3c(F)cc(CCl)cc3F)c2cc1C. The van der Waals surface area contributed by atoms with Gasteiger partial charge in [0.25, 0.3) is 0 Å². The van der Waals surface area contributed by atoms with Crippen LogP contribution in [-0.2, 0) is 5.88 Å². The maximum absolute atomic E-state index is 14.2. The molecule has 21 heavy (non-hydrogen) atoms. The first-order chi connectivity index (χ1) is 10.0. The van der Waals surface area contributed by atoms with Gasteiger partial charge in [0.1, 0.15) is 12.0 Å². The first-order valence-corrected chi connectivity index (χ1v) is 7.03. The van der Waals surface area contributed by atoms with Gasteiger partial charge >= 0.3 is 0 Å². The van der Waals surface area contributed by atoms with Crippen molar-refractivity contribution in [3.8, 4) is 5.69 Å². The second kappa shape index (κ2) is 5.11. The van der Waals surface area contributed by atoms with Crippen LogP contribution in [0.4, 0.5) is 8.78 Å². The molecule has 0 atom stereocenters. The maximum atomic E-state index is 14.2. The van der Waals surface area contributed by atoms with E-state index in [1.54, 1.807) is 0 Å². The van der Waals surface area contributed by atoms with Crippen molar-refractivity contribution in [2.75, 3.05) is 0 Å². The number of halogens is 3. The minimum Gasteiger partial charge on any atom is -0.293 e. The molecule has 0 fully saturated rings. The number of hydrogen-bond acceptors (Lipinski definition) is 1. The first kappa shape index (κ1) is 14.0. The minimum atomic E-state index is -0.650. The van der Waals surface area contributed by atoms with Gasteiger partial charge < -0.3 is 0 Å². The number of benzene rings is 2. The molecule has 2 nitrogen and oxygen atoms in total. The number of fused-ring (bicyclic) bond motifs is 1. The highest BCUT2D eigenvalue weighted by Gasteiger charge is 2.16. The fourth-order valence-electron chi connectivity index (χ4n) is 2.37. The number of aryl methyl sites for hydroxylation is 2. The van der Waals surface area contributed by atoms with Crippen LogP contribution >= 0.6 is 11.6 Å². The molecular weight excluding hydrogens is 294 g/mol. The molecule has 108 valence electrons. The Morgan fingerprint density at radius 1 is 1.05 bits per heavy atom. The predicted molar refractivity (Wildman–Crippen MR) is 80.0 cm³/mol. The molecule has 0 aliphatic heterocycles. The zero-order chi connectivity index (χ0) is 15.1. The lowest BCUT2D eigenvalue weighted by Crippen LogP contribution is -2.02. The Morgan fingerprint density at radius 2 is 1.67 bits per heavy atom. The number of nitrogens with zero attached hydrogens (tertiary/aromatic N) is 2. The summed E-state index contributed by atoms with van der Waals surface area (Å²) in [7, 11) is 0. The summed E-state index contributed by atoms with van der Waals surface area (Å²) in [6.45, 7) is 3.93. The molecule has 0 N–H and O–H groups in total. The molecule has 1 aromatic heterocycles. The van der Waals surface area contributed by atoms with E-state index >= 15 is 0 Å². The molecule has 0 saturated heterocycles. The smallest absolute Gasteiger partial charge is 0.150 e. The fraction of sp³-hybridized carbons (Fsp3) is 0.188. The molecule has 0 bridgehead atoms. The average Bonchev–Trinajstić information content (AvgIpc) is 2.81. The summed E-state index contributed by atoms with van der Waals surface area (Å²) < 4.78 is 29.9. The maximum Gasteiger partial charge on any atom is 0.150 e. The molecule has 0 aliphatic carbocycles. The minimum absolute atomic E-state index is 0.0666. The van der Waals surface area contributed by atoms with E-state index in [0.29, 0.717) is 16.6 Å². The van der Waals surface area contributed by atoms with Crippen LogP contribution < -0.4 is 0 Å². The fourth-order valence-corrected chi connectivity index (χ4v) is 2.52. The number of hydrogen-bond donors (Lipinski definition) is 0. The molecule has 0 spiro atoms. The van der Waals surface area contributed by atoms with Gasteiger partial charge in [-0.3, -0.25) is 4.57 Å². The van der Waals surface area contributed by atoms with E-state index in [1.165, 1.54) is 23.0 Å². The van der Waals surface area contributed by atoms with E-state index in [4.69, 9.17) is 11.6 Å². The molecule has 1 heterocycles. The quantitative estimate of drug-likeness (QED) is 0.630. The van der Waals surface area contributed by atoms with E-state index in [9.17, 15) is 8.78 Å². The Hall–Kier alpha value is -1.94. The summed E-state index contributed by atoms with van der Waals surface area (Å²) >= 11 is 5.63. The van der Waals surface area contributed by atoms with Gasteiger partial charge in [0, 0.05) is 5.88 Å². The highest BCUT2D eigenvalue weighted by atomic mass is 35.5. The molecule has 0 amide bonds. The summed E-state index contributed by atoms with van der Waals surface area (Å²) in [6.07, 6.45) is 1.44. The van der Waals surface area contributed by atoms with Crippen LogP contribution in [0.15, 0.2) is 30.6 Å². The third-order valence-electron chi connectivity index (χ3n) is 3.63. The zero-order valence-electron chi connectivity index (χ0n) is 11.6. The number of aromatic nitrogens is 2. The van der Waals surface area contributed by atoms with Crippen molar-refractivity contribution in [1.82, 2.24) is 9.55 Å². The van der Waals surface area contributed by atoms with Crippen LogP contribution in [0.5, 0.6) is 0 Å². The summed E-state index contributed by atoms with van der Waals surface area (Å²) in [6, 6.07) is 6.28. The average molecular weight is 307 g/mol. The second-order valence-electron chi connectivity index (χ2n) is 5.08. The van der Waals surface area contributed by atoms with Crippen molar-refractivity contribution < 1.29 is 8.78 Å². The first-order valence-electron chi connectivity index (χ1n) is 6.50. The molecule has 2 aromatic carbocycles. The van der Waals surface area contributed by atoms with E-state index in [0.717, 1.165) is 11.1 Å². The van der Waals surface area contributed by atoms with E-state index in [1.807, 2.05) is 26.0 Å². The van der Waals surface area contributed by atoms with Gasteiger partial charge in [0.05, 0.1) is 11.0 Å². The molecule has 0 unspecified atom stereocenters. The van der Waals surface area contributed by atoms with Crippen LogP contribution in [0.2, 0.25) is 0 Å². The van der Waals surface area contributed by atoms with Crippen LogP contribution in [-0.4, -0.2) is 9.55 Å². The molecule has 0 saturated carbocycles. The summed E-state index contributed by atoms with van der Waals surface area (Å²) in [4.78, 5) is 4.23. The van der Waals surface area contributed by atoms with Crippen LogP contribution in [0.25, 0.3) is 16.7 Å². The van der Waals surface area contributed by atoms with Crippen LogP contribution in [0, 0.1) is 25.5 Å². The topological polar surface area (TPSA) is 17.8 Å². The lowest BCUT2D eigenvalue weighted by atomic mass is 10.1. The van der Waals surface area contributed by atoms with Crippen LogP contribution in [0.3, 0.4) is 0 Å². The van der Waals surface area contributed by atoms with Gasteiger partial charge in [0.2, 0.25) is 0 Å². The summed E-state index contributed by atoms with van der Waals surface area (Å²) in [5.74, 6) is -1.23. The zero-order valence-corrected chi connectivity index (χ0v) is 12.4. The highest BCUT2D eigenvalue weighted by molar-refractivity contribution is 6.17.